The van der Waals surface area contributed by atoms with Crippen molar-refractivity contribution in [1.29, 1.82) is 0 Å². The zero-order valence-corrected chi connectivity index (χ0v) is 16.6. The van der Waals surface area contributed by atoms with Crippen molar-refractivity contribution >= 4 is 5.78 Å². The van der Waals surface area contributed by atoms with Crippen LogP contribution in [-0.2, 0) is 25.9 Å². The first-order valence-electron chi connectivity index (χ1n) is 7.55. The molecule has 0 radical (unpaired) electrons. The molecule has 0 aliphatic rings. The van der Waals surface area contributed by atoms with Gasteiger partial charge in [-0.3, -0.25) is 0 Å². The van der Waals surface area contributed by atoms with Crippen molar-refractivity contribution in [2.45, 2.75) is 80.1 Å². The quantitative estimate of drug-likeness (QED) is 0.420. The van der Waals surface area contributed by atoms with Crippen LogP contribution < -0.4 is 0 Å². The molecule has 0 saturated heterocycles. The van der Waals surface area contributed by atoms with Crippen LogP contribution in [0.1, 0.15) is 80.1 Å². The Kier molecular flexibility index (Phi) is 11.6. The van der Waals surface area contributed by atoms with E-state index in [1.54, 1.807) is 0 Å². The van der Waals surface area contributed by atoms with Gasteiger partial charge in [-0.1, -0.05) is 67.2 Å². The number of hydrogen-bond acceptors (Lipinski definition) is 1. The molecule has 0 bridgehead atoms. The van der Waals surface area contributed by atoms with Crippen molar-refractivity contribution in [3.63, 3.8) is 0 Å². The molecule has 0 atom stereocenters. The molecule has 0 aliphatic heterocycles. The predicted octanol–water partition coefficient (Wildman–Crippen LogP) is 5.39. The van der Waals surface area contributed by atoms with Crippen LogP contribution in [-0.4, -0.2) is 5.78 Å². The second-order valence-corrected chi connectivity index (χ2v) is 6.08. The van der Waals surface area contributed by atoms with Gasteiger partial charge in [-0.15, -0.1) is 12.8 Å². The molecule has 0 aromatic heterocycles. The summed E-state index contributed by atoms with van der Waals surface area (Å²) < 4.78 is 0. The summed E-state index contributed by atoms with van der Waals surface area (Å²) in [7, 11) is 0. The van der Waals surface area contributed by atoms with Crippen LogP contribution in [0.25, 0.3) is 0 Å². The van der Waals surface area contributed by atoms with Crippen molar-refractivity contribution in [1.82, 2.24) is 0 Å². The Hall–Kier alpha value is 0.358. The fourth-order valence-electron chi connectivity index (χ4n) is 1.88. The molecule has 0 aromatic rings. The van der Waals surface area contributed by atoms with E-state index in [1.165, 1.54) is 0 Å². The molecule has 0 heterocycles. The molecule has 0 amide bonds. The van der Waals surface area contributed by atoms with Gasteiger partial charge in [0.05, 0.1) is 5.78 Å². The van der Waals surface area contributed by atoms with Crippen molar-refractivity contribution in [3.8, 4) is 0 Å². The Morgan fingerprint density at radius 2 is 1.05 bits per heavy atom. The summed E-state index contributed by atoms with van der Waals surface area (Å²) in [6, 6.07) is 0. The SMILES string of the molecule is CCC(C)([CH-]CC(=O)C[CH-]C(C)(CC)CC)CC.[W+2]. The van der Waals surface area contributed by atoms with Crippen LogP contribution in [0.15, 0.2) is 0 Å². The van der Waals surface area contributed by atoms with Gasteiger partial charge in [0.25, 0.3) is 0 Å². The first-order valence-corrected chi connectivity index (χ1v) is 7.55. The molecule has 0 N–H and O–H groups in total. The molecule has 112 valence electrons. The van der Waals surface area contributed by atoms with Gasteiger partial charge in [0.1, 0.15) is 0 Å². The van der Waals surface area contributed by atoms with Crippen LogP contribution in [0.5, 0.6) is 0 Å². The average Bonchev–Trinajstić information content (AvgIpc) is 2.42. The van der Waals surface area contributed by atoms with Gasteiger partial charge in [0.2, 0.25) is 0 Å². The molecule has 0 aliphatic carbocycles. The van der Waals surface area contributed by atoms with Gasteiger partial charge in [0, 0.05) is 0 Å². The number of ketones is 1. The molecule has 0 rings (SSSR count). The second-order valence-electron chi connectivity index (χ2n) is 6.08. The van der Waals surface area contributed by atoms with Crippen LogP contribution in [0.4, 0.5) is 0 Å². The maximum Gasteiger partial charge on any atom is 2.00 e. The van der Waals surface area contributed by atoms with Crippen molar-refractivity contribution in [2.24, 2.45) is 10.8 Å². The second kappa shape index (κ2) is 10.1. The maximum atomic E-state index is 11.9. The predicted molar refractivity (Wildman–Crippen MR) is 80.2 cm³/mol. The van der Waals surface area contributed by atoms with Crippen molar-refractivity contribution in [3.05, 3.63) is 12.8 Å². The Bertz CT molecular complexity index is 216. The topological polar surface area (TPSA) is 17.1 Å². The van der Waals surface area contributed by atoms with E-state index in [-0.39, 0.29) is 31.9 Å². The van der Waals surface area contributed by atoms with E-state index >= 15 is 0 Å². The third-order valence-electron chi connectivity index (χ3n) is 4.88. The zero-order valence-electron chi connectivity index (χ0n) is 13.7. The van der Waals surface area contributed by atoms with Gasteiger partial charge in [-0.05, 0) is 0 Å². The molecule has 0 saturated carbocycles. The first-order chi connectivity index (χ1) is 8.34. The molecule has 1 nitrogen and oxygen atoms in total. The van der Waals surface area contributed by atoms with Crippen LogP contribution in [0.2, 0.25) is 0 Å². The minimum Gasteiger partial charge on any atom is -0.316 e. The third-order valence-corrected chi connectivity index (χ3v) is 4.88. The Morgan fingerprint density at radius 3 is 1.26 bits per heavy atom. The van der Waals surface area contributed by atoms with Crippen molar-refractivity contribution < 1.29 is 25.9 Å². The number of hydrogen-bond donors (Lipinski definition) is 0. The molecule has 0 fully saturated rings. The fourth-order valence-corrected chi connectivity index (χ4v) is 1.88. The maximum absolute atomic E-state index is 11.9. The van der Waals surface area contributed by atoms with Crippen LogP contribution in [0.3, 0.4) is 0 Å². The van der Waals surface area contributed by atoms with Gasteiger partial charge in [0.15, 0.2) is 0 Å². The van der Waals surface area contributed by atoms with Crippen molar-refractivity contribution in [2.75, 3.05) is 0 Å². The standard InChI is InChI=1S/C17H32O.W/c1-7-16(5,8-2)13-11-15(18)12-14-17(6,9-3)10-4;/h13-14H,7-12H2,1-6H3;/q-2;+2. The summed E-state index contributed by atoms with van der Waals surface area (Å²) in [6.07, 6.45) is 10.1. The summed E-state index contributed by atoms with van der Waals surface area (Å²) in [6.45, 7) is 13.3. The Morgan fingerprint density at radius 1 is 0.789 bits per heavy atom. The van der Waals surface area contributed by atoms with E-state index in [2.05, 4.69) is 54.4 Å². The Labute approximate surface area is 135 Å². The number of carbonyl (C=O) groups excluding carboxylic acids is 1. The smallest absolute Gasteiger partial charge is 0.316 e. The summed E-state index contributed by atoms with van der Waals surface area (Å²) in [5.41, 5.74) is 0.461. The molecule has 19 heavy (non-hydrogen) atoms. The third kappa shape index (κ3) is 8.28. The van der Waals surface area contributed by atoms with Crippen LogP contribution >= 0.6 is 0 Å². The largest absolute Gasteiger partial charge is 2.00 e. The summed E-state index contributed by atoms with van der Waals surface area (Å²) in [4.78, 5) is 11.9. The van der Waals surface area contributed by atoms with E-state index < -0.39 is 0 Å². The number of carbonyl (C=O) groups is 1. The van der Waals surface area contributed by atoms with E-state index in [0.29, 0.717) is 18.6 Å². The zero-order chi connectivity index (χ0) is 14.2. The van der Waals surface area contributed by atoms with E-state index in [4.69, 9.17) is 0 Å². The molecule has 0 aromatic carbocycles. The van der Waals surface area contributed by atoms with E-state index in [0.717, 1.165) is 25.7 Å². The minimum absolute atomic E-state index is 0. The van der Waals surface area contributed by atoms with E-state index in [9.17, 15) is 4.79 Å². The van der Waals surface area contributed by atoms with Gasteiger partial charge in [-0.2, -0.15) is 10.8 Å². The van der Waals surface area contributed by atoms with Gasteiger partial charge in [-0.25, -0.2) is 0 Å². The molecule has 0 spiro atoms. The Balaban J connectivity index is 0. The van der Waals surface area contributed by atoms with Crippen LogP contribution in [0, 0.1) is 23.7 Å². The summed E-state index contributed by atoms with van der Waals surface area (Å²) in [5, 5.41) is 0. The summed E-state index contributed by atoms with van der Waals surface area (Å²) >= 11 is 0. The van der Waals surface area contributed by atoms with Gasteiger partial charge < -0.3 is 17.6 Å². The normalized spacial score (nSPS) is 12.1. The molecule has 0 unspecified atom stereocenters. The molecule has 2 heteroatoms. The minimum atomic E-state index is 0. The first kappa shape index (κ1) is 21.7. The summed E-state index contributed by atoms with van der Waals surface area (Å²) in [5.74, 6) is 0.358. The fraction of sp³-hybridized carbons (Fsp3) is 0.824. The van der Waals surface area contributed by atoms with E-state index in [1.807, 2.05) is 0 Å². The monoisotopic (exact) mass is 436 g/mol. The average molecular weight is 436 g/mol. The number of Topliss-reactive ketones (excluding diaryl/α,β-unsaturated/α-hetero) is 1. The van der Waals surface area contributed by atoms with Gasteiger partial charge >= 0.3 is 21.1 Å². The molecular weight excluding hydrogens is 404 g/mol. The molecular formula is C17H32OW. The number of rotatable bonds is 10.